The Kier molecular flexibility index (Phi) is 5.78. The Labute approximate surface area is 89.2 Å². The Morgan fingerprint density at radius 3 is 3.07 bits per heavy atom. The van der Waals surface area contributed by atoms with Gasteiger partial charge in [-0.3, -0.25) is 11.3 Å². The first-order valence-corrected chi connectivity index (χ1v) is 5.72. The minimum Gasteiger partial charge on any atom is -0.385 e. The van der Waals surface area contributed by atoms with E-state index in [9.17, 15) is 0 Å². The van der Waals surface area contributed by atoms with Crippen molar-refractivity contribution >= 4 is 11.3 Å². The van der Waals surface area contributed by atoms with Gasteiger partial charge in [-0.2, -0.15) is 0 Å². The van der Waals surface area contributed by atoms with Crippen molar-refractivity contribution in [1.82, 2.24) is 5.43 Å². The highest BCUT2D eigenvalue weighted by Gasteiger charge is 2.07. The lowest BCUT2D eigenvalue weighted by atomic mass is 10.1. The van der Waals surface area contributed by atoms with Crippen LogP contribution in [0.4, 0.5) is 0 Å². The number of hydrogen-bond acceptors (Lipinski definition) is 4. The van der Waals surface area contributed by atoms with Crippen LogP contribution < -0.4 is 11.3 Å². The van der Waals surface area contributed by atoms with Crippen molar-refractivity contribution in [2.75, 3.05) is 13.7 Å². The summed E-state index contributed by atoms with van der Waals surface area (Å²) in [5, 5.41) is 2.10. The van der Waals surface area contributed by atoms with Crippen LogP contribution >= 0.6 is 11.3 Å². The molecule has 0 bridgehead atoms. The maximum absolute atomic E-state index is 5.49. The summed E-state index contributed by atoms with van der Waals surface area (Å²) in [6, 6.07) is 4.58. The average molecular weight is 214 g/mol. The number of rotatable bonds is 7. The average Bonchev–Trinajstić information content (AvgIpc) is 2.69. The maximum atomic E-state index is 5.49. The molecule has 0 aliphatic heterocycles. The monoisotopic (exact) mass is 214 g/mol. The summed E-state index contributed by atoms with van der Waals surface area (Å²) in [7, 11) is 1.73. The number of methoxy groups -OCH3 is 1. The van der Waals surface area contributed by atoms with E-state index in [1.54, 1.807) is 18.4 Å². The van der Waals surface area contributed by atoms with Crippen molar-refractivity contribution in [3.05, 3.63) is 22.4 Å². The van der Waals surface area contributed by atoms with Gasteiger partial charge in [-0.15, -0.1) is 11.3 Å². The van der Waals surface area contributed by atoms with Crippen LogP contribution in [0.1, 0.15) is 17.7 Å². The standard InChI is InChI=1S/C10H18N2OS/c1-13-6-2-4-9(12-11)8-10-5-3-7-14-10/h3,5,7,9,12H,2,4,6,8,11H2,1H3. The van der Waals surface area contributed by atoms with Crippen LogP contribution in [-0.4, -0.2) is 19.8 Å². The molecule has 0 amide bonds. The van der Waals surface area contributed by atoms with E-state index in [2.05, 4.69) is 22.9 Å². The zero-order valence-electron chi connectivity index (χ0n) is 8.53. The number of nitrogens with two attached hydrogens (primary N) is 1. The van der Waals surface area contributed by atoms with E-state index in [-0.39, 0.29) is 0 Å². The van der Waals surface area contributed by atoms with Gasteiger partial charge in [-0.25, -0.2) is 0 Å². The molecule has 1 atom stereocenters. The number of thiophene rings is 1. The van der Waals surface area contributed by atoms with E-state index in [0.717, 1.165) is 25.9 Å². The van der Waals surface area contributed by atoms with Gasteiger partial charge in [0.2, 0.25) is 0 Å². The molecule has 0 saturated heterocycles. The zero-order chi connectivity index (χ0) is 10.2. The van der Waals surface area contributed by atoms with Crippen molar-refractivity contribution in [3.63, 3.8) is 0 Å². The molecule has 1 heterocycles. The van der Waals surface area contributed by atoms with Gasteiger partial charge in [0, 0.05) is 24.6 Å². The smallest absolute Gasteiger partial charge is 0.0462 e. The zero-order valence-corrected chi connectivity index (χ0v) is 9.35. The Hall–Kier alpha value is -0.420. The summed E-state index contributed by atoms with van der Waals surface area (Å²) in [4.78, 5) is 1.38. The van der Waals surface area contributed by atoms with Gasteiger partial charge in [0.05, 0.1) is 0 Å². The fraction of sp³-hybridized carbons (Fsp3) is 0.600. The Morgan fingerprint density at radius 1 is 1.64 bits per heavy atom. The van der Waals surface area contributed by atoms with Gasteiger partial charge in [0.15, 0.2) is 0 Å². The minimum absolute atomic E-state index is 0.365. The van der Waals surface area contributed by atoms with Gasteiger partial charge in [0.25, 0.3) is 0 Å². The van der Waals surface area contributed by atoms with Crippen LogP contribution in [0.5, 0.6) is 0 Å². The molecule has 1 unspecified atom stereocenters. The molecular formula is C10H18N2OS. The van der Waals surface area contributed by atoms with Gasteiger partial charge < -0.3 is 4.74 Å². The quantitative estimate of drug-likeness (QED) is 0.411. The molecule has 0 aromatic carbocycles. The normalized spacial score (nSPS) is 13.0. The molecule has 0 radical (unpaired) electrons. The number of hydrazine groups is 1. The third kappa shape index (κ3) is 4.19. The highest BCUT2D eigenvalue weighted by Crippen LogP contribution is 2.13. The fourth-order valence-corrected chi connectivity index (χ4v) is 2.18. The second-order valence-electron chi connectivity index (χ2n) is 3.28. The molecule has 0 saturated carbocycles. The van der Waals surface area contributed by atoms with Crippen LogP contribution in [0, 0.1) is 0 Å². The second-order valence-corrected chi connectivity index (χ2v) is 4.31. The lowest BCUT2D eigenvalue weighted by Crippen LogP contribution is -2.36. The van der Waals surface area contributed by atoms with Crippen molar-refractivity contribution in [2.24, 2.45) is 5.84 Å². The van der Waals surface area contributed by atoms with Crippen molar-refractivity contribution < 1.29 is 4.74 Å². The first-order chi connectivity index (χ1) is 6.86. The Morgan fingerprint density at radius 2 is 2.50 bits per heavy atom. The molecule has 1 aromatic rings. The van der Waals surface area contributed by atoms with E-state index in [4.69, 9.17) is 10.6 Å². The molecule has 0 aliphatic carbocycles. The lowest BCUT2D eigenvalue weighted by Gasteiger charge is -2.14. The summed E-state index contributed by atoms with van der Waals surface area (Å²) in [6.07, 6.45) is 3.12. The first-order valence-electron chi connectivity index (χ1n) is 4.84. The van der Waals surface area contributed by atoms with Gasteiger partial charge in [0.1, 0.15) is 0 Å². The van der Waals surface area contributed by atoms with E-state index in [1.807, 2.05) is 0 Å². The summed E-state index contributed by atoms with van der Waals surface area (Å²) in [5.74, 6) is 5.49. The van der Waals surface area contributed by atoms with Crippen LogP contribution in [0.15, 0.2) is 17.5 Å². The third-order valence-corrected chi connectivity index (χ3v) is 3.06. The lowest BCUT2D eigenvalue weighted by molar-refractivity contribution is 0.188. The van der Waals surface area contributed by atoms with Crippen LogP contribution in [0.25, 0.3) is 0 Å². The van der Waals surface area contributed by atoms with Gasteiger partial charge >= 0.3 is 0 Å². The summed E-state index contributed by atoms with van der Waals surface area (Å²) in [5.41, 5.74) is 2.85. The number of hydrogen-bond donors (Lipinski definition) is 2. The minimum atomic E-state index is 0.365. The fourth-order valence-electron chi connectivity index (χ4n) is 1.39. The second kappa shape index (κ2) is 6.95. The highest BCUT2D eigenvalue weighted by atomic mass is 32.1. The van der Waals surface area contributed by atoms with E-state index >= 15 is 0 Å². The maximum Gasteiger partial charge on any atom is 0.0462 e. The third-order valence-electron chi connectivity index (χ3n) is 2.16. The molecular weight excluding hydrogens is 196 g/mol. The predicted molar refractivity (Wildman–Crippen MR) is 60.2 cm³/mol. The van der Waals surface area contributed by atoms with Crippen LogP contribution in [0.3, 0.4) is 0 Å². The van der Waals surface area contributed by atoms with E-state index in [1.165, 1.54) is 4.88 Å². The van der Waals surface area contributed by atoms with Crippen LogP contribution in [-0.2, 0) is 11.2 Å². The van der Waals surface area contributed by atoms with Crippen LogP contribution in [0.2, 0.25) is 0 Å². The number of nitrogens with one attached hydrogen (secondary N) is 1. The number of ether oxygens (including phenoxy) is 1. The van der Waals surface area contributed by atoms with Gasteiger partial charge in [-0.05, 0) is 30.7 Å². The molecule has 14 heavy (non-hydrogen) atoms. The topological polar surface area (TPSA) is 47.3 Å². The molecule has 3 N–H and O–H groups in total. The molecule has 0 fully saturated rings. The summed E-state index contributed by atoms with van der Waals surface area (Å²) < 4.78 is 5.01. The molecule has 1 rings (SSSR count). The van der Waals surface area contributed by atoms with E-state index < -0.39 is 0 Å². The van der Waals surface area contributed by atoms with Gasteiger partial charge in [-0.1, -0.05) is 6.07 Å². The molecule has 4 heteroatoms. The molecule has 0 spiro atoms. The molecule has 3 nitrogen and oxygen atoms in total. The van der Waals surface area contributed by atoms with Crippen molar-refractivity contribution in [1.29, 1.82) is 0 Å². The first kappa shape index (κ1) is 11.7. The van der Waals surface area contributed by atoms with Crippen molar-refractivity contribution in [2.45, 2.75) is 25.3 Å². The van der Waals surface area contributed by atoms with Crippen molar-refractivity contribution in [3.8, 4) is 0 Å². The largest absolute Gasteiger partial charge is 0.385 e. The highest BCUT2D eigenvalue weighted by molar-refractivity contribution is 7.09. The SMILES string of the molecule is COCCCC(Cc1cccs1)NN. The van der Waals surface area contributed by atoms with E-state index in [0.29, 0.717) is 6.04 Å². The summed E-state index contributed by atoms with van der Waals surface area (Å²) in [6.45, 7) is 0.808. The summed E-state index contributed by atoms with van der Waals surface area (Å²) >= 11 is 1.78. The molecule has 0 aliphatic rings. The molecule has 80 valence electrons. The predicted octanol–water partition coefficient (Wildman–Crippen LogP) is 1.55. The Bertz CT molecular complexity index is 226. The Balaban J connectivity index is 2.24. The molecule has 1 aromatic heterocycles.